The van der Waals surface area contributed by atoms with Crippen molar-refractivity contribution in [3.8, 4) is 0 Å². The molecule has 22 heteroatoms. The molecule has 22 atom stereocenters. The first-order valence-corrected chi connectivity index (χ1v) is 29.2. The lowest BCUT2D eigenvalue weighted by molar-refractivity contribution is -0.267. The molecule has 0 aliphatic carbocycles. The summed E-state index contributed by atoms with van der Waals surface area (Å²) >= 11 is 0. The standard InChI is InChI=1S/C59H101N3O19/c1-30(2)25-45(65)77-49-36(8)47(31(3)23-22-24-44-53(69-19)54(70-20)51(40(12)74-44)75-41(13)63)79-56(67)39(11)50(78-46-26-33(5)62(18)29-35(7)72-46)37(9)48(32(4)28-59(15,55(66)38(49)10)81-58(68)61(16)17)80-57-52(76-42(14)64)43(60-71-21)27-34(6)73-57/h30-40,44,46-54,57H,22-29H2,1-21H3/t31-,32-,33+,34+,35-,36-,37+,38?,39?,40?,44?,46?,47+,48-,49+,50-,51+,52+,53-,54+,57-,59-/m0/s1. The molecule has 22 nitrogen and oxygen atoms in total. The van der Waals surface area contributed by atoms with Gasteiger partial charge in [-0.1, -0.05) is 60.0 Å². The Balaban J connectivity index is 1.96. The van der Waals surface area contributed by atoms with Crippen molar-refractivity contribution in [3.05, 3.63) is 0 Å². The van der Waals surface area contributed by atoms with E-state index in [1.54, 1.807) is 27.9 Å². The number of methoxy groups -OCH3 is 2. The zero-order valence-corrected chi connectivity index (χ0v) is 52.5. The molecule has 4 fully saturated rings. The van der Waals surface area contributed by atoms with E-state index in [2.05, 4.69) is 17.0 Å². The molecule has 4 aliphatic heterocycles. The minimum Gasteiger partial charge on any atom is -0.461 e. The monoisotopic (exact) mass is 1160 g/mol. The second-order valence-electron chi connectivity index (χ2n) is 24.5. The van der Waals surface area contributed by atoms with Gasteiger partial charge >= 0.3 is 30.0 Å². The molecule has 4 saturated heterocycles. The highest BCUT2D eigenvalue weighted by atomic mass is 16.7. The Morgan fingerprint density at radius 2 is 1.41 bits per heavy atom. The van der Waals surface area contributed by atoms with Crippen LogP contribution >= 0.6 is 0 Å². The zero-order chi connectivity index (χ0) is 61.0. The maximum absolute atomic E-state index is 15.8. The molecule has 466 valence electrons. The van der Waals surface area contributed by atoms with E-state index < -0.39 is 157 Å². The molecule has 4 heterocycles. The van der Waals surface area contributed by atoms with Gasteiger partial charge in [-0.2, -0.15) is 0 Å². The lowest BCUT2D eigenvalue weighted by Crippen LogP contribution is -2.59. The average molecular weight is 1160 g/mol. The quantitative estimate of drug-likeness (QED) is 0.0742. The van der Waals surface area contributed by atoms with Crippen molar-refractivity contribution in [2.45, 2.75) is 246 Å². The van der Waals surface area contributed by atoms with E-state index in [4.69, 9.17) is 61.7 Å². The Labute approximate surface area is 482 Å². The number of amides is 1. The number of rotatable bonds is 18. The van der Waals surface area contributed by atoms with Gasteiger partial charge in [-0.25, -0.2) is 4.79 Å². The summed E-state index contributed by atoms with van der Waals surface area (Å²) in [6.45, 7) is 27.1. The summed E-state index contributed by atoms with van der Waals surface area (Å²) in [5, 5.41) is 4.23. The minimum absolute atomic E-state index is 0.0145. The van der Waals surface area contributed by atoms with E-state index in [1.807, 2.05) is 69.4 Å². The van der Waals surface area contributed by atoms with Gasteiger partial charge in [0.05, 0.1) is 48.5 Å². The lowest BCUT2D eigenvalue weighted by atomic mass is 9.73. The van der Waals surface area contributed by atoms with Crippen molar-refractivity contribution < 1.29 is 90.4 Å². The second-order valence-corrected chi connectivity index (χ2v) is 24.5. The van der Waals surface area contributed by atoms with Crippen LogP contribution in [0.2, 0.25) is 0 Å². The van der Waals surface area contributed by atoms with Crippen molar-refractivity contribution >= 4 is 41.5 Å². The van der Waals surface area contributed by atoms with E-state index in [1.165, 1.54) is 47.1 Å². The summed E-state index contributed by atoms with van der Waals surface area (Å²) < 4.78 is 76.6. The number of carbonyl (C=O) groups excluding carboxylic acids is 6. The Morgan fingerprint density at radius 1 is 0.765 bits per heavy atom. The number of ketones is 1. The van der Waals surface area contributed by atoms with Crippen LogP contribution in [-0.2, 0) is 85.7 Å². The van der Waals surface area contributed by atoms with Crippen LogP contribution in [0.3, 0.4) is 0 Å². The van der Waals surface area contributed by atoms with Crippen molar-refractivity contribution in [3.63, 3.8) is 0 Å². The van der Waals surface area contributed by atoms with Gasteiger partial charge < -0.3 is 71.5 Å². The molecule has 0 aromatic carbocycles. The summed E-state index contributed by atoms with van der Waals surface area (Å²) in [5.41, 5.74) is -1.55. The molecule has 0 N–H and O–H groups in total. The van der Waals surface area contributed by atoms with Crippen LogP contribution in [0.4, 0.5) is 4.79 Å². The number of esters is 4. The molecule has 81 heavy (non-hydrogen) atoms. The maximum atomic E-state index is 15.8. The van der Waals surface area contributed by atoms with Crippen molar-refractivity contribution in [2.24, 2.45) is 46.6 Å². The number of nitrogens with zero attached hydrogens (tertiary/aromatic N) is 3. The van der Waals surface area contributed by atoms with E-state index in [9.17, 15) is 19.2 Å². The number of oxime groups is 1. The maximum Gasteiger partial charge on any atom is 0.410 e. The van der Waals surface area contributed by atoms with Gasteiger partial charge in [0.2, 0.25) is 6.29 Å². The summed E-state index contributed by atoms with van der Waals surface area (Å²) in [6, 6.07) is 0.0145. The van der Waals surface area contributed by atoms with Gasteiger partial charge in [0, 0.05) is 85.8 Å². The largest absolute Gasteiger partial charge is 0.461 e. The topological polar surface area (TPSA) is 241 Å². The van der Waals surface area contributed by atoms with Crippen LogP contribution in [0, 0.1) is 41.4 Å². The highest BCUT2D eigenvalue weighted by Crippen LogP contribution is 2.41. The number of likely N-dealkylation sites (N-methyl/N-ethyl adjacent to an activating group) is 1. The fourth-order valence-corrected chi connectivity index (χ4v) is 12.4. The number of carbonyl (C=O) groups is 6. The SMILES string of the molecule is CON=C1C[C@@H](C)O[C@@H](O[C@@H]2[C@@H](C)[C@H](OC3C[C@@H](C)N(C)C[C@H](C)O3)C(C)C(=O)O[C@H]([C@@H](C)CCCC3OC(C)[C@@H](OC(C)=O)[C@@H](OC)[C@H]3OC)[C@H](C)[C@@H](OC(=O)CC(C)C)C(C)C(=O)[C@@](C)(OC(=O)N(C)C)C[C@@H]2C)[C@@H]1OC(C)=O. The van der Waals surface area contributed by atoms with E-state index in [0.717, 1.165) is 0 Å². The molecule has 0 spiro atoms. The number of Topliss-reactive ketones (excluding diaryl/α,β-unsaturated/α-hetero) is 1. The summed E-state index contributed by atoms with van der Waals surface area (Å²) in [6.07, 6.45) is -9.92. The predicted octanol–water partition coefficient (Wildman–Crippen LogP) is 7.32. The van der Waals surface area contributed by atoms with Crippen LogP contribution in [0.5, 0.6) is 0 Å². The highest BCUT2D eigenvalue weighted by Gasteiger charge is 2.53. The lowest BCUT2D eigenvalue weighted by Gasteiger charge is -2.45. The van der Waals surface area contributed by atoms with Crippen LogP contribution in [0.1, 0.15) is 149 Å². The van der Waals surface area contributed by atoms with Gasteiger partial charge in [-0.3, -0.25) is 24.0 Å². The summed E-state index contributed by atoms with van der Waals surface area (Å²) in [7, 11) is 9.51. The van der Waals surface area contributed by atoms with Crippen molar-refractivity contribution in [1.29, 1.82) is 0 Å². The molecular formula is C59H101N3O19. The van der Waals surface area contributed by atoms with Gasteiger partial charge in [0.15, 0.2) is 29.9 Å². The van der Waals surface area contributed by atoms with Crippen LogP contribution in [0.25, 0.3) is 0 Å². The number of hydrogen-bond acceptors (Lipinski definition) is 21. The first-order valence-electron chi connectivity index (χ1n) is 29.2. The molecule has 4 rings (SSSR count). The third kappa shape index (κ3) is 18.7. The van der Waals surface area contributed by atoms with E-state index >= 15 is 9.59 Å². The fourth-order valence-electron chi connectivity index (χ4n) is 12.4. The Hall–Kier alpha value is -4.03. The molecule has 0 radical (unpaired) electrons. The summed E-state index contributed by atoms with van der Waals surface area (Å²) in [5.74, 6) is -7.88. The molecular weight excluding hydrogens is 1050 g/mol. The van der Waals surface area contributed by atoms with Crippen LogP contribution in [0.15, 0.2) is 5.16 Å². The second kappa shape index (κ2) is 31.2. The molecule has 0 aromatic heterocycles. The van der Waals surface area contributed by atoms with Crippen LogP contribution in [-0.4, -0.2) is 198 Å². The molecule has 0 aromatic rings. The van der Waals surface area contributed by atoms with Gasteiger partial charge in [0.25, 0.3) is 0 Å². The molecule has 0 bridgehead atoms. The molecule has 0 saturated carbocycles. The molecule has 5 unspecified atom stereocenters. The smallest absolute Gasteiger partial charge is 0.410 e. The van der Waals surface area contributed by atoms with E-state index in [0.29, 0.717) is 37.9 Å². The van der Waals surface area contributed by atoms with Gasteiger partial charge in [-0.15, -0.1) is 0 Å². The fraction of sp³-hybridized carbons (Fsp3) is 0.881. The predicted molar refractivity (Wildman–Crippen MR) is 297 cm³/mol. The van der Waals surface area contributed by atoms with Crippen molar-refractivity contribution in [1.82, 2.24) is 9.80 Å². The third-order valence-electron chi connectivity index (χ3n) is 16.6. The van der Waals surface area contributed by atoms with E-state index in [-0.39, 0.29) is 37.3 Å². The minimum atomic E-state index is -1.91. The molecule has 1 amide bonds. The first-order chi connectivity index (χ1) is 37.9. The number of ether oxygens (including phenoxy) is 12. The Kier molecular flexibility index (Phi) is 26.8. The Morgan fingerprint density at radius 3 is 1.99 bits per heavy atom. The Bertz CT molecular complexity index is 2090. The zero-order valence-electron chi connectivity index (χ0n) is 52.5. The highest BCUT2D eigenvalue weighted by molar-refractivity contribution is 5.92. The summed E-state index contributed by atoms with van der Waals surface area (Å²) in [4.78, 5) is 92.7. The van der Waals surface area contributed by atoms with Crippen LogP contribution < -0.4 is 0 Å². The first kappa shape index (κ1) is 69.5. The van der Waals surface area contributed by atoms with Gasteiger partial charge in [-0.05, 0) is 85.6 Å². The number of cyclic esters (lactones) is 1. The third-order valence-corrected chi connectivity index (χ3v) is 16.6. The number of hydrogen-bond donors (Lipinski definition) is 0. The molecule has 4 aliphatic rings. The van der Waals surface area contributed by atoms with Crippen molar-refractivity contribution in [2.75, 3.05) is 49.0 Å². The van der Waals surface area contributed by atoms with Gasteiger partial charge in [0.1, 0.15) is 37.2 Å². The normalized spacial score (nSPS) is 38.7. The average Bonchev–Trinajstić information content (AvgIpc) is 3.62.